The lowest BCUT2D eigenvalue weighted by Gasteiger charge is -2.15. The minimum atomic E-state index is -4.81. The molecule has 2 aromatic heterocycles. The molecule has 10 heteroatoms. The van der Waals surface area contributed by atoms with Gasteiger partial charge in [0.2, 0.25) is 0 Å². The first-order valence-electron chi connectivity index (χ1n) is 10.2. The maximum atomic E-state index is 12.9. The zero-order chi connectivity index (χ0) is 24.3. The molecule has 7 nitrogen and oxygen atoms in total. The Morgan fingerprint density at radius 2 is 1.74 bits per heavy atom. The van der Waals surface area contributed by atoms with Crippen LogP contribution in [0.25, 0.3) is 11.1 Å². The number of aryl methyl sites for hydroxylation is 2. The SMILES string of the molecule is Cc1ccccc1Nc1ncc(-c2cnn(C)c2)cc1NC(=O)c1ccc(OC(F)(F)F)cc1. The van der Waals surface area contributed by atoms with E-state index in [4.69, 9.17) is 0 Å². The van der Waals surface area contributed by atoms with Crippen LogP contribution in [0.15, 0.2) is 73.2 Å². The minimum Gasteiger partial charge on any atom is -0.406 e. The number of nitrogens with one attached hydrogen (secondary N) is 2. The fraction of sp³-hybridized carbons (Fsp3) is 0.125. The number of carbonyl (C=O) groups excluding carboxylic acids is 1. The molecule has 0 aliphatic rings. The number of halogens is 3. The summed E-state index contributed by atoms with van der Waals surface area (Å²) >= 11 is 0. The number of hydrogen-bond donors (Lipinski definition) is 2. The number of benzene rings is 2. The molecule has 4 rings (SSSR count). The summed E-state index contributed by atoms with van der Waals surface area (Å²) in [6.07, 6.45) is 0.349. The Morgan fingerprint density at radius 3 is 2.38 bits per heavy atom. The van der Waals surface area contributed by atoms with Gasteiger partial charge >= 0.3 is 6.36 Å². The number of alkyl halides is 3. The smallest absolute Gasteiger partial charge is 0.406 e. The van der Waals surface area contributed by atoms with E-state index in [1.807, 2.05) is 37.4 Å². The van der Waals surface area contributed by atoms with Crippen molar-refractivity contribution < 1.29 is 22.7 Å². The monoisotopic (exact) mass is 467 g/mol. The van der Waals surface area contributed by atoms with E-state index < -0.39 is 18.0 Å². The van der Waals surface area contributed by atoms with Gasteiger partial charge in [0.05, 0.1) is 11.9 Å². The average Bonchev–Trinajstić information content (AvgIpc) is 3.22. The number of pyridine rings is 1. The Morgan fingerprint density at radius 1 is 1.00 bits per heavy atom. The van der Waals surface area contributed by atoms with E-state index in [0.29, 0.717) is 11.5 Å². The van der Waals surface area contributed by atoms with Crippen LogP contribution in [0.3, 0.4) is 0 Å². The Labute approximate surface area is 193 Å². The largest absolute Gasteiger partial charge is 0.573 e. The molecule has 0 saturated heterocycles. The van der Waals surface area contributed by atoms with Crippen molar-refractivity contribution in [2.75, 3.05) is 10.6 Å². The van der Waals surface area contributed by atoms with Crippen LogP contribution in [0.4, 0.5) is 30.4 Å². The predicted molar refractivity (Wildman–Crippen MR) is 122 cm³/mol. The Hall–Kier alpha value is -4.34. The predicted octanol–water partition coefficient (Wildman–Crippen LogP) is 5.69. The van der Waals surface area contributed by atoms with Crippen LogP contribution in [0.1, 0.15) is 15.9 Å². The molecule has 1 amide bonds. The summed E-state index contributed by atoms with van der Waals surface area (Å²) in [5, 5.41) is 10.2. The van der Waals surface area contributed by atoms with Crippen LogP contribution in [-0.4, -0.2) is 27.0 Å². The molecule has 0 atom stereocenters. The van der Waals surface area contributed by atoms with Crippen molar-refractivity contribution in [3.05, 3.63) is 84.3 Å². The van der Waals surface area contributed by atoms with Crippen LogP contribution in [0.5, 0.6) is 5.75 Å². The van der Waals surface area contributed by atoms with Gasteiger partial charge in [-0.15, -0.1) is 13.2 Å². The van der Waals surface area contributed by atoms with Crippen LogP contribution >= 0.6 is 0 Å². The summed E-state index contributed by atoms with van der Waals surface area (Å²) in [5.41, 5.74) is 3.88. The summed E-state index contributed by atoms with van der Waals surface area (Å²) < 4.78 is 42.7. The van der Waals surface area contributed by atoms with Gasteiger partial charge in [0.25, 0.3) is 5.91 Å². The zero-order valence-corrected chi connectivity index (χ0v) is 18.2. The number of carbonyl (C=O) groups is 1. The standard InChI is InChI=1S/C24H20F3N5O2/c1-15-5-3-4-6-20(15)30-22-21(11-17(12-28-22)18-13-29-32(2)14-18)31-23(33)16-7-9-19(10-8-16)34-24(25,26)27/h3-14H,1-2H3,(H,28,30)(H,31,33). The van der Waals surface area contributed by atoms with Crippen LogP contribution in [0.2, 0.25) is 0 Å². The molecule has 2 N–H and O–H groups in total. The molecule has 0 aliphatic heterocycles. The van der Waals surface area contributed by atoms with E-state index in [2.05, 4.69) is 25.5 Å². The van der Waals surface area contributed by atoms with Crippen LogP contribution in [0, 0.1) is 6.92 Å². The Bertz CT molecular complexity index is 1320. The van der Waals surface area contributed by atoms with Crippen molar-refractivity contribution in [3.8, 4) is 16.9 Å². The van der Waals surface area contributed by atoms with Gasteiger partial charge in [-0.3, -0.25) is 9.48 Å². The number of amides is 1. The summed E-state index contributed by atoms with van der Waals surface area (Å²) in [7, 11) is 1.79. The van der Waals surface area contributed by atoms with E-state index in [-0.39, 0.29) is 5.56 Å². The number of nitrogens with zero attached hydrogens (tertiary/aromatic N) is 3. The average molecular weight is 467 g/mol. The van der Waals surface area contributed by atoms with Gasteiger partial charge < -0.3 is 15.4 Å². The summed E-state index contributed by atoms with van der Waals surface area (Å²) in [4.78, 5) is 17.4. The lowest BCUT2D eigenvalue weighted by molar-refractivity contribution is -0.274. The van der Waals surface area contributed by atoms with E-state index >= 15 is 0 Å². The highest BCUT2D eigenvalue weighted by molar-refractivity contribution is 6.06. The number of rotatable bonds is 6. The number of ether oxygens (including phenoxy) is 1. The second-order valence-corrected chi connectivity index (χ2v) is 7.49. The second kappa shape index (κ2) is 9.26. The molecule has 0 aliphatic carbocycles. The van der Waals surface area contributed by atoms with Crippen molar-refractivity contribution in [3.63, 3.8) is 0 Å². The molecule has 0 unspecified atom stereocenters. The first-order chi connectivity index (χ1) is 16.2. The molecule has 4 aromatic rings. The molecule has 0 spiro atoms. The quantitative estimate of drug-likeness (QED) is 0.381. The summed E-state index contributed by atoms with van der Waals surface area (Å²) in [6.45, 7) is 1.94. The van der Waals surface area contributed by atoms with Crippen molar-refractivity contribution in [1.82, 2.24) is 14.8 Å². The molecular formula is C24H20F3N5O2. The van der Waals surface area contributed by atoms with E-state index in [9.17, 15) is 18.0 Å². The van der Waals surface area contributed by atoms with Gasteiger partial charge in [-0.25, -0.2) is 4.98 Å². The zero-order valence-electron chi connectivity index (χ0n) is 18.2. The Balaban J connectivity index is 1.63. The van der Waals surface area contributed by atoms with E-state index in [1.54, 1.807) is 30.2 Å². The van der Waals surface area contributed by atoms with Gasteiger partial charge in [0.15, 0.2) is 5.82 Å². The molecule has 0 bridgehead atoms. The molecule has 0 fully saturated rings. The summed E-state index contributed by atoms with van der Waals surface area (Å²) in [5.74, 6) is -0.518. The molecule has 2 aromatic carbocycles. The van der Waals surface area contributed by atoms with E-state index in [0.717, 1.165) is 34.5 Å². The number of aromatic nitrogens is 3. The number of para-hydroxylation sites is 1. The molecule has 174 valence electrons. The van der Waals surface area contributed by atoms with Crippen molar-refractivity contribution in [1.29, 1.82) is 0 Å². The third kappa shape index (κ3) is 5.52. The Kier molecular flexibility index (Phi) is 6.22. The first-order valence-corrected chi connectivity index (χ1v) is 10.2. The minimum absolute atomic E-state index is 0.156. The summed E-state index contributed by atoms with van der Waals surface area (Å²) in [6, 6.07) is 14.0. The van der Waals surface area contributed by atoms with Crippen LogP contribution < -0.4 is 15.4 Å². The second-order valence-electron chi connectivity index (χ2n) is 7.49. The number of hydrogen-bond acceptors (Lipinski definition) is 5. The highest BCUT2D eigenvalue weighted by Gasteiger charge is 2.31. The fourth-order valence-corrected chi connectivity index (χ4v) is 3.23. The van der Waals surface area contributed by atoms with Crippen molar-refractivity contribution in [2.45, 2.75) is 13.3 Å². The molecular weight excluding hydrogens is 447 g/mol. The van der Waals surface area contributed by atoms with Gasteiger partial charge in [0.1, 0.15) is 5.75 Å². The molecule has 2 heterocycles. The molecule has 0 radical (unpaired) electrons. The molecule has 0 saturated carbocycles. The highest BCUT2D eigenvalue weighted by atomic mass is 19.4. The maximum absolute atomic E-state index is 12.9. The van der Waals surface area contributed by atoms with Gasteiger partial charge in [0, 0.05) is 41.8 Å². The third-order valence-electron chi connectivity index (χ3n) is 4.92. The number of anilines is 3. The topological polar surface area (TPSA) is 81.1 Å². The molecule has 34 heavy (non-hydrogen) atoms. The van der Waals surface area contributed by atoms with Crippen molar-refractivity contribution >= 4 is 23.1 Å². The van der Waals surface area contributed by atoms with Crippen LogP contribution in [-0.2, 0) is 7.05 Å². The van der Waals surface area contributed by atoms with Gasteiger partial charge in [-0.05, 0) is 48.9 Å². The first kappa shape index (κ1) is 22.8. The van der Waals surface area contributed by atoms with Gasteiger partial charge in [-0.1, -0.05) is 18.2 Å². The normalized spacial score (nSPS) is 11.2. The van der Waals surface area contributed by atoms with Crippen molar-refractivity contribution in [2.24, 2.45) is 7.05 Å². The third-order valence-corrected chi connectivity index (χ3v) is 4.92. The maximum Gasteiger partial charge on any atom is 0.573 e. The van der Waals surface area contributed by atoms with E-state index in [1.165, 1.54) is 12.1 Å². The highest BCUT2D eigenvalue weighted by Crippen LogP contribution is 2.30. The lowest BCUT2D eigenvalue weighted by atomic mass is 10.1. The fourth-order valence-electron chi connectivity index (χ4n) is 3.23. The van der Waals surface area contributed by atoms with Gasteiger partial charge in [-0.2, -0.15) is 5.10 Å². The lowest BCUT2D eigenvalue weighted by Crippen LogP contribution is -2.17.